The van der Waals surface area contributed by atoms with Gasteiger partial charge in [-0.2, -0.15) is 0 Å². The molecule has 0 fully saturated rings. The lowest BCUT2D eigenvalue weighted by atomic mass is 9.98. The summed E-state index contributed by atoms with van der Waals surface area (Å²) in [5.41, 5.74) is 1.78. The van der Waals surface area contributed by atoms with Gasteiger partial charge in [0.2, 0.25) is 0 Å². The van der Waals surface area contributed by atoms with Gasteiger partial charge in [-0.1, -0.05) is 51.8 Å². The largest absolute Gasteiger partial charge is 0.480 e. The summed E-state index contributed by atoms with van der Waals surface area (Å²) in [6.45, 7) is 0. The molecule has 2 atom stereocenters. The molecule has 0 aromatic heterocycles. The van der Waals surface area contributed by atoms with Gasteiger partial charge in [0.1, 0.15) is 12.1 Å². The smallest absolute Gasteiger partial charge is 0.326 e. The first-order valence-electron chi connectivity index (χ1n) is 9.90. The van der Waals surface area contributed by atoms with Gasteiger partial charge < -0.3 is 15.3 Å². The molecule has 0 saturated heterocycles. The Kier molecular flexibility index (Phi) is 7.06. The van der Waals surface area contributed by atoms with Gasteiger partial charge in [-0.15, -0.1) is 0 Å². The molecule has 0 aliphatic carbocycles. The number of nitrogens with zero attached hydrogens (tertiary/aromatic N) is 1. The highest BCUT2D eigenvalue weighted by molar-refractivity contribution is 14.1. The number of benzene rings is 3. The third-order valence-corrected chi connectivity index (χ3v) is 6.83. The van der Waals surface area contributed by atoms with Crippen molar-refractivity contribution in [3.63, 3.8) is 0 Å². The number of carboxylic acids is 1. The van der Waals surface area contributed by atoms with E-state index in [1.807, 2.05) is 0 Å². The molecule has 1 heterocycles. The van der Waals surface area contributed by atoms with Gasteiger partial charge in [-0.3, -0.25) is 9.59 Å². The van der Waals surface area contributed by atoms with Gasteiger partial charge in [0.25, 0.3) is 11.8 Å². The van der Waals surface area contributed by atoms with Crippen LogP contribution >= 0.6 is 50.1 Å². The van der Waals surface area contributed by atoms with Crippen LogP contribution in [0, 0.1) is 3.57 Å². The van der Waals surface area contributed by atoms with Crippen LogP contribution in [0.25, 0.3) is 0 Å². The van der Waals surface area contributed by atoms with Gasteiger partial charge in [-0.25, -0.2) is 4.79 Å². The van der Waals surface area contributed by atoms with Crippen molar-refractivity contribution in [1.82, 2.24) is 4.90 Å². The Morgan fingerprint density at radius 3 is 2.39 bits per heavy atom. The van der Waals surface area contributed by atoms with E-state index in [4.69, 9.17) is 11.6 Å². The summed E-state index contributed by atoms with van der Waals surface area (Å²) >= 11 is 11.5. The predicted octanol–water partition coefficient (Wildman–Crippen LogP) is 5.54. The van der Waals surface area contributed by atoms with Crippen molar-refractivity contribution in [1.29, 1.82) is 0 Å². The normalized spacial score (nSPS) is 16.6. The molecule has 9 heteroatoms. The minimum absolute atomic E-state index is 0.0327. The van der Waals surface area contributed by atoms with Crippen molar-refractivity contribution in [2.45, 2.75) is 18.5 Å². The molecule has 1 aliphatic heterocycles. The Bertz CT molecular complexity index is 1230. The van der Waals surface area contributed by atoms with Crippen LogP contribution in [0.3, 0.4) is 0 Å². The van der Waals surface area contributed by atoms with Crippen molar-refractivity contribution in [2.24, 2.45) is 0 Å². The first-order chi connectivity index (χ1) is 15.7. The number of anilines is 1. The molecule has 0 radical (unpaired) electrons. The predicted molar refractivity (Wildman–Crippen MR) is 137 cm³/mol. The van der Waals surface area contributed by atoms with E-state index in [1.165, 1.54) is 4.90 Å². The number of hydrogen-bond acceptors (Lipinski definition) is 3. The Hall–Kier alpha value is -2.43. The molecule has 2 N–H and O–H groups in total. The Labute approximate surface area is 217 Å². The zero-order valence-corrected chi connectivity index (χ0v) is 21.5. The lowest BCUT2D eigenvalue weighted by Gasteiger charge is -2.34. The molecule has 33 heavy (non-hydrogen) atoms. The van der Waals surface area contributed by atoms with Crippen molar-refractivity contribution in [3.8, 4) is 0 Å². The van der Waals surface area contributed by atoms with E-state index in [9.17, 15) is 19.5 Å². The number of carboxylic acid groups (broad SMARTS) is 1. The first kappa shape index (κ1) is 23.7. The highest BCUT2D eigenvalue weighted by atomic mass is 127. The second kappa shape index (κ2) is 9.82. The lowest BCUT2D eigenvalue weighted by Crippen LogP contribution is -2.50. The topological polar surface area (TPSA) is 86.7 Å². The van der Waals surface area contributed by atoms with Gasteiger partial charge in [0, 0.05) is 19.5 Å². The highest BCUT2D eigenvalue weighted by Crippen LogP contribution is 2.34. The van der Waals surface area contributed by atoms with Crippen LogP contribution in [0.15, 0.2) is 71.2 Å². The van der Waals surface area contributed by atoms with E-state index in [-0.39, 0.29) is 12.0 Å². The van der Waals surface area contributed by atoms with E-state index in [0.717, 1.165) is 13.6 Å². The molecule has 4 rings (SSSR count). The summed E-state index contributed by atoms with van der Waals surface area (Å²) in [5.74, 6) is -2.23. The number of carbonyl (C=O) groups excluding carboxylic acids is 2. The van der Waals surface area contributed by atoms with Crippen LogP contribution in [0.1, 0.15) is 27.5 Å². The molecule has 168 valence electrons. The maximum Gasteiger partial charge on any atom is 0.326 e. The minimum Gasteiger partial charge on any atom is -0.480 e. The van der Waals surface area contributed by atoms with E-state index < -0.39 is 29.9 Å². The third kappa shape index (κ3) is 5.07. The van der Waals surface area contributed by atoms with Crippen molar-refractivity contribution >= 4 is 73.6 Å². The first-order valence-corrected chi connectivity index (χ1v) is 12.2. The van der Waals surface area contributed by atoms with Crippen molar-refractivity contribution in [3.05, 3.63) is 96.5 Å². The quantitative estimate of drug-likeness (QED) is 0.359. The molecule has 6 nitrogen and oxygen atoms in total. The molecular formula is C24H17BrClIN2O4. The van der Waals surface area contributed by atoms with Gasteiger partial charge in [0.15, 0.2) is 0 Å². The molecule has 0 spiro atoms. The highest BCUT2D eigenvalue weighted by Gasteiger charge is 2.43. The summed E-state index contributed by atoms with van der Waals surface area (Å²) < 4.78 is 1.64. The second-order valence-corrected chi connectivity index (χ2v) is 10.1. The average Bonchev–Trinajstić information content (AvgIpc) is 2.88. The van der Waals surface area contributed by atoms with E-state index in [0.29, 0.717) is 16.3 Å². The second-order valence-electron chi connectivity index (χ2n) is 7.53. The summed E-state index contributed by atoms with van der Waals surface area (Å²) in [6, 6.07) is 16.3. The fraction of sp³-hybridized carbons (Fsp3) is 0.125. The summed E-state index contributed by atoms with van der Waals surface area (Å²) in [5, 5.41) is 13.5. The van der Waals surface area contributed by atoms with Gasteiger partial charge in [0.05, 0.1) is 11.3 Å². The number of hydrogen-bond donors (Lipinski definition) is 2. The molecule has 1 aliphatic rings. The van der Waals surface area contributed by atoms with Gasteiger partial charge >= 0.3 is 5.97 Å². The Morgan fingerprint density at radius 1 is 1.09 bits per heavy atom. The van der Waals surface area contributed by atoms with Crippen molar-refractivity contribution < 1.29 is 19.5 Å². The molecule has 2 amide bonds. The number of nitrogens with one attached hydrogen (secondary N) is 1. The standard InChI is InChI=1S/C24H17BrClIN2O4/c25-15-5-1-13(2-6-15)11-20(24(32)33)29-21(14-3-7-16(26)8-4-14)22(30)28-19-10-9-17(27)12-18(19)23(29)31/h1-10,12,20-21H,11H2,(H,28,30)(H,32,33). The number of fused-ring (bicyclic) bond motifs is 1. The maximum atomic E-state index is 13.8. The average molecular weight is 640 g/mol. The minimum atomic E-state index is -1.28. The zero-order valence-electron chi connectivity index (χ0n) is 17.0. The molecule has 2 unspecified atom stereocenters. The van der Waals surface area contributed by atoms with Gasteiger partial charge in [-0.05, 0) is 76.2 Å². The fourth-order valence-electron chi connectivity index (χ4n) is 3.81. The lowest BCUT2D eigenvalue weighted by molar-refractivity contribution is -0.143. The summed E-state index contributed by atoms with van der Waals surface area (Å²) in [4.78, 5) is 40.9. The van der Waals surface area contributed by atoms with E-state index >= 15 is 0 Å². The molecule has 0 bridgehead atoms. The van der Waals surface area contributed by atoms with E-state index in [1.54, 1.807) is 66.7 Å². The molecule has 0 saturated carbocycles. The van der Waals surface area contributed by atoms with E-state index in [2.05, 4.69) is 43.8 Å². The number of rotatable bonds is 5. The number of halogens is 3. The van der Waals surface area contributed by atoms with Crippen molar-refractivity contribution in [2.75, 3.05) is 5.32 Å². The Morgan fingerprint density at radius 2 is 1.76 bits per heavy atom. The van der Waals surface area contributed by atoms with Crippen LogP contribution in [-0.2, 0) is 16.0 Å². The monoisotopic (exact) mass is 638 g/mol. The van der Waals surface area contributed by atoms with Crippen LogP contribution in [0.4, 0.5) is 5.69 Å². The summed E-state index contributed by atoms with van der Waals surface area (Å²) in [7, 11) is 0. The molecule has 3 aromatic carbocycles. The maximum absolute atomic E-state index is 13.8. The van der Waals surface area contributed by atoms with Crippen LogP contribution in [0.5, 0.6) is 0 Å². The molecule has 3 aromatic rings. The zero-order chi connectivity index (χ0) is 23.7. The number of amides is 2. The Balaban J connectivity index is 1.87. The van der Waals surface area contributed by atoms with Crippen LogP contribution in [-0.4, -0.2) is 33.8 Å². The number of carbonyl (C=O) groups is 3. The fourth-order valence-corrected chi connectivity index (χ4v) is 4.69. The SMILES string of the molecule is O=C(O)C(Cc1ccc(Br)cc1)N1C(=O)c2cc(I)ccc2NC(=O)C1c1ccc(Cl)cc1. The third-order valence-electron chi connectivity index (χ3n) is 5.38. The molecular weight excluding hydrogens is 623 g/mol. The number of aliphatic carboxylic acids is 1. The summed E-state index contributed by atoms with van der Waals surface area (Å²) in [6.07, 6.45) is 0.0327. The van der Waals surface area contributed by atoms with Crippen LogP contribution in [0.2, 0.25) is 5.02 Å². The van der Waals surface area contributed by atoms with Crippen LogP contribution < -0.4 is 5.32 Å².